The van der Waals surface area contributed by atoms with Crippen molar-refractivity contribution in [3.05, 3.63) is 41.6 Å². The van der Waals surface area contributed by atoms with E-state index in [9.17, 15) is 0 Å². The fourth-order valence-electron chi connectivity index (χ4n) is 3.14. The third-order valence-corrected chi connectivity index (χ3v) is 4.15. The van der Waals surface area contributed by atoms with Crippen molar-refractivity contribution in [1.29, 1.82) is 0 Å². The Bertz CT molecular complexity index is 685. The maximum absolute atomic E-state index is 6.24. The van der Waals surface area contributed by atoms with Crippen molar-refractivity contribution in [3.8, 4) is 0 Å². The molecule has 0 unspecified atom stereocenters. The van der Waals surface area contributed by atoms with E-state index in [1.54, 1.807) is 0 Å². The Labute approximate surface area is 126 Å². The number of benzene rings is 1. The minimum absolute atomic E-state index is 0.128. The van der Waals surface area contributed by atoms with E-state index in [-0.39, 0.29) is 5.54 Å². The van der Waals surface area contributed by atoms with Crippen molar-refractivity contribution in [3.63, 3.8) is 0 Å². The molecule has 0 aliphatic heterocycles. The highest BCUT2D eigenvalue weighted by Gasteiger charge is 2.19. The minimum atomic E-state index is -0.128. The molecule has 21 heavy (non-hydrogen) atoms. The van der Waals surface area contributed by atoms with E-state index in [1.807, 2.05) is 0 Å². The average Bonchev–Trinajstić information content (AvgIpc) is 2.46. The molecule has 1 aliphatic rings. The summed E-state index contributed by atoms with van der Waals surface area (Å²) in [4.78, 5) is 4.81. The van der Waals surface area contributed by atoms with Crippen LogP contribution < -0.4 is 5.55 Å². The smallest absolute Gasteiger partial charge is 0.222 e. The van der Waals surface area contributed by atoms with E-state index in [4.69, 9.17) is 9.41 Å². The molecular weight excluding hydrogens is 258 g/mol. The fourth-order valence-corrected chi connectivity index (χ4v) is 3.14. The lowest BCUT2D eigenvalue weighted by atomic mass is 9.87. The van der Waals surface area contributed by atoms with Crippen LogP contribution in [0.25, 0.3) is 10.8 Å². The van der Waals surface area contributed by atoms with Crippen molar-refractivity contribution in [1.82, 2.24) is 0 Å². The van der Waals surface area contributed by atoms with Gasteiger partial charge in [0.2, 0.25) is 5.55 Å². The van der Waals surface area contributed by atoms with Gasteiger partial charge >= 0.3 is 0 Å². The van der Waals surface area contributed by atoms with E-state index >= 15 is 0 Å². The average molecular weight is 283 g/mol. The van der Waals surface area contributed by atoms with Gasteiger partial charge in [0.25, 0.3) is 0 Å². The Morgan fingerprint density at radius 1 is 1.05 bits per heavy atom. The second kappa shape index (κ2) is 5.67. The molecule has 0 saturated heterocycles. The Balaban J connectivity index is 2.17. The quantitative estimate of drug-likeness (QED) is 0.708. The van der Waals surface area contributed by atoms with Gasteiger partial charge in [-0.3, -0.25) is 0 Å². The standard InChI is InChI=1S/C19H25NO/c1-19(2,3)20-18-16-12-8-7-11-15(16)13-17(21-18)14-9-5-4-6-10-14/h7-8,11-14H,4-6,9-10H2,1-3H3. The molecule has 1 heterocycles. The largest absolute Gasteiger partial charge is 0.443 e. The lowest BCUT2D eigenvalue weighted by Gasteiger charge is -2.21. The lowest BCUT2D eigenvalue weighted by molar-refractivity contribution is 0.346. The van der Waals surface area contributed by atoms with Crippen LogP contribution in [-0.2, 0) is 0 Å². The fraction of sp³-hybridized carbons (Fsp3) is 0.526. The molecule has 0 atom stereocenters. The molecule has 0 N–H and O–H groups in total. The zero-order valence-corrected chi connectivity index (χ0v) is 13.4. The highest BCUT2D eigenvalue weighted by Crippen LogP contribution is 2.33. The van der Waals surface area contributed by atoms with E-state index in [1.165, 1.54) is 37.5 Å². The van der Waals surface area contributed by atoms with Gasteiger partial charge in [-0.2, -0.15) is 0 Å². The van der Waals surface area contributed by atoms with Gasteiger partial charge in [0.05, 0.1) is 5.54 Å². The van der Waals surface area contributed by atoms with Crippen LogP contribution in [-0.4, -0.2) is 5.54 Å². The maximum Gasteiger partial charge on any atom is 0.222 e. The first kappa shape index (κ1) is 14.4. The normalized spacial score (nSPS) is 18.3. The zero-order valence-electron chi connectivity index (χ0n) is 13.4. The Hall–Kier alpha value is -1.57. The van der Waals surface area contributed by atoms with Gasteiger partial charge in [-0.25, -0.2) is 4.99 Å². The van der Waals surface area contributed by atoms with Crippen LogP contribution in [0.2, 0.25) is 0 Å². The van der Waals surface area contributed by atoms with Gasteiger partial charge in [-0.1, -0.05) is 37.5 Å². The minimum Gasteiger partial charge on any atom is -0.443 e. The van der Waals surface area contributed by atoms with E-state index in [0.29, 0.717) is 5.92 Å². The highest BCUT2D eigenvalue weighted by molar-refractivity contribution is 5.81. The van der Waals surface area contributed by atoms with E-state index in [0.717, 1.165) is 16.7 Å². The van der Waals surface area contributed by atoms with E-state index < -0.39 is 0 Å². The van der Waals surface area contributed by atoms with Crippen molar-refractivity contribution >= 4 is 10.8 Å². The molecule has 3 rings (SSSR count). The number of hydrogen-bond acceptors (Lipinski definition) is 2. The molecule has 0 spiro atoms. The van der Waals surface area contributed by atoms with Crippen LogP contribution in [0.1, 0.15) is 64.6 Å². The number of hydrogen-bond donors (Lipinski definition) is 0. The van der Waals surface area contributed by atoms with Crippen molar-refractivity contribution in [2.45, 2.75) is 64.3 Å². The lowest BCUT2D eigenvalue weighted by Crippen LogP contribution is -2.18. The molecule has 112 valence electrons. The van der Waals surface area contributed by atoms with Crippen molar-refractivity contribution in [2.24, 2.45) is 4.99 Å². The summed E-state index contributed by atoms with van der Waals surface area (Å²) in [5, 5.41) is 2.36. The second-order valence-corrected chi connectivity index (χ2v) is 7.16. The number of fused-ring (bicyclic) bond motifs is 1. The molecule has 2 nitrogen and oxygen atoms in total. The van der Waals surface area contributed by atoms with Gasteiger partial charge in [-0.05, 0) is 51.1 Å². The Morgan fingerprint density at radius 3 is 2.48 bits per heavy atom. The Morgan fingerprint density at radius 2 is 1.76 bits per heavy atom. The second-order valence-electron chi connectivity index (χ2n) is 7.16. The van der Waals surface area contributed by atoms with Gasteiger partial charge in [-0.15, -0.1) is 0 Å². The van der Waals surface area contributed by atoms with Crippen LogP contribution in [0, 0.1) is 0 Å². The summed E-state index contributed by atoms with van der Waals surface area (Å²) in [5.74, 6) is 1.69. The Kier molecular flexibility index (Phi) is 3.88. The summed E-state index contributed by atoms with van der Waals surface area (Å²) in [6.07, 6.45) is 6.49. The summed E-state index contributed by atoms with van der Waals surface area (Å²) >= 11 is 0. The maximum atomic E-state index is 6.24. The number of nitrogens with zero attached hydrogens (tertiary/aromatic N) is 1. The predicted molar refractivity (Wildman–Crippen MR) is 87.4 cm³/mol. The summed E-state index contributed by atoms with van der Waals surface area (Å²) < 4.78 is 6.24. The first-order valence-electron chi connectivity index (χ1n) is 8.12. The monoisotopic (exact) mass is 283 g/mol. The van der Waals surface area contributed by atoms with Crippen LogP contribution in [0.4, 0.5) is 0 Å². The molecule has 2 aromatic rings. The number of rotatable bonds is 1. The topological polar surface area (TPSA) is 25.5 Å². The summed E-state index contributed by atoms with van der Waals surface area (Å²) in [6, 6.07) is 10.6. The van der Waals surface area contributed by atoms with Gasteiger partial charge in [0, 0.05) is 11.3 Å². The van der Waals surface area contributed by atoms with Gasteiger partial charge in [0.15, 0.2) is 0 Å². The molecule has 0 radical (unpaired) electrons. The molecule has 1 fully saturated rings. The molecule has 1 aliphatic carbocycles. The SMILES string of the molecule is CC(C)(C)N=c1oc(C2CCCCC2)cc2ccccc12. The van der Waals surface area contributed by atoms with Crippen LogP contribution in [0.5, 0.6) is 0 Å². The first-order chi connectivity index (χ1) is 10.0. The predicted octanol–water partition coefficient (Wildman–Crippen LogP) is 5.18. The summed E-state index contributed by atoms with van der Waals surface area (Å²) in [6.45, 7) is 6.35. The highest BCUT2D eigenvalue weighted by atomic mass is 16.3. The molecule has 0 bridgehead atoms. The van der Waals surface area contributed by atoms with E-state index in [2.05, 4.69) is 51.1 Å². The molecular formula is C19H25NO. The summed E-state index contributed by atoms with van der Waals surface area (Å²) in [7, 11) is 0. The first-order valence-corrected chi connectivity index (χ1v) is 8.12. The molecule has 1 aromatic heterocycles. The third-order valence-electron chi connectivity index (χ3n) is 4.15. The van der Waals surface area contributed by atoms with Crippen LogP contribution in [0.3, 0.4) is 0 Å². The summed E-state index contributed by atoms with van der Waals surface area (Å²) in [5.41, 5.74) is 0.665. The van der Waals surface area contributed by atoms with Crippen molar-refractivity contribution in [2.75, 3.05) is 0 Å². The third kappa shape index (κ3) is 3.37. The molecule has 2 heteroatoms. The van der Waals surface area contributed by atoms with Gasteiger partial charge in [0.1, 0.15) is 5.76 Å². The van der Waals surface area contributed by atoms with Crippen LogP contribution >= 0.6 is 0 Å². The zero-order chi connectivity index (χ0) is 14.9. The van der Waals surface area contributed by atoms with Crippen LogP contribution in [0.15, 0.2) is 39.7 Å². The van der Waals surface area contributed by atoms with Gasteiger partial charge < -0.3 is 4.42 Å². The molecule has 1 aromatic carbocycles. The van der Waals surface area contributed by atoms with Crippen molar-refractivity contribution < 1.29 is 4.42 Å². The molecule has 1 saturated carbocycles. The molecule has 0 amide bonds.